The SMILES string of the molecule is O=C(CN1c2cccc3cccc(c23)S1(=O)=O)Nc1ccc2ccccc2c1. The standard InChI is InChI=1S/C22H16N2O3S/c25-21(23-18-12-11-15-5-1-2-6-17(15)13-18)14-24-19-9-3-7-16-8-4-10-20(22(16)19)28(24,26)27/h1-13H,14H2,(H,23,25). The van der Waals surface area contributed by atoms with Crippen LogP contribution in [0.4, 0.5) is 11.4 Å². The second kappa shape index (κ2) is 6.07. The highest BCUT2D eigenvalue weighted by Crippen LogP contribution is 2.41. The number of carbonyl (C=O) groups excluding carboxylic acids is 1. The third-order valence-electron chi connectivity index (χ3n) is 5.00. The molecule has 5 rings (SSSR count). The van der Waals surface area contributed by atoms with Crippen LogP contribution in [0, 0.1) is 0 Å². The Balaban J connectivity index is 1.46. The first-order chi connectivity index (χ1) is 13.5. The van der Waals surface area contributed by atoms with Gasteiger partial charge in [-0.15, -0.1) is 0 Å². The molecular weight excluding hydrogens is 372 g/mol. The average molecular weight is 388 g/mol. The number of benzene rings is 4. The molecule has 0 unspecified atom stereocenters. The summed E-state index contributed by atoms with van der Waals surface area (Å²) < 4.78 is 27.1. The minimum Gasteiger partial charge on any atom is -0.324 e. The summed E-state index contributed by atoms with van der Waals surface area (Å²) in [5.74, 6) is -0.385. The van der Waals surface area contributed by atoms with E-state index in [4.69, 9.17) is 0 Å². The lowest BCUT2D eigenvalue weighted by atomic mass is 10.1. The highest BCUT2D eigenvalue weighted by molar-refractivity contribution is 7.93. The van der Waals surface area contributed by atoms with Gasteiger partial charge in [-0.05, 0) is 40.4 Å². The highest BCUT2D eigenvalue weighted by atomic mass is 32.2. The number of sulfonamides is 1. The van der Waals surface area contributed by atoms with Crippen LogP contribution in [0.3, 0.4) is 0 Å². The number of nitrogens with one attached hydrogen (secondary N) is 1. The van der Waals surface area contributed by atoms with Crippen LogP contribution in [0.25, 0.3) is 21.5 Å². The largest absolute Gasteiger partial charge is 0.324 e. The lowest BCUT2D eigenvalue weighted by Crippen LogP contribution is -2.35. The molecule has 6 heteroatoms. The number of amides is 1. The van der Waals surface area contributed by atoms with Gasteiger partial charge >= 0.3 is 0 Å². The number of carbonyl (C=O) groups is 1. The van der Waals surface area contributed by atoms with Crippen LogP contribution in [0.2, 0.25) is 0 Å². The fourth-order valence-electron chi connectivity index (χ4n) is 3.73. The fourth-order valence-corrected chi connectivity index (χ4v) is 5.39. The van der Waals surface area contributed by atoms with E-state index >= 15 is 0 Å². The van der Waals surface area contributed by atoms with E-state index in [1.165, 1.54) is 4.31 Å². The molecule has 1 amide bonds. The van der Waals surface area contributed by atoms with E-state index in [0.717, 1.165) is 16.2 Å². The van der Waals surface area contributed by atoms with Crippen LogP contribution in [0.15, 0.2) is 83.8 Å². The Kier molecular flexibility index (Phi) is 3.64. The van der Waals surface area contributed by atoms with Gasteiger partial charge in [0, 0.05) is 11.1 Å². The van der Waals surface area contributed by atoms with Gasteiger partial charge in [-0.2, -0.15) is 0 Å². The number of hydrogen-bond donors (Lipinski definition) is 1. The molecule has 0 radical (unpaired) electrons. The van der Waals surface area contributed by atoms with Crippen LogP contribution in [-0.4, -0.2) is 20.9 Å². The third kappa shape index (κ3) is 2.53. The summed E-state index contributed by atoms with van der Waals surface area (Å²) in [5, 5.41) is 6.41. The van der Waals surface area contributed by atoms with Crippen molar-refractivity contribution in [3.8, 4) is 0 Å². The first-order valence-electron chi connectivity index (χ1n) is 8.87. The van der Waals surface area contributed by atoms with Gasteiger partial charge in [0.15, 0.2) is 0 Å². The van der Waals surface area contributed by atoms with Crippen molar-refractivity contribution in [2.45, 2.75) is 4.90 Å². The van der Waals surface area contributed by atoms with Gasteiger partial charge in [0.05, 0.1) is 10.6 Å². The van der Waals surface area contributed by atoms with Gasteiger partial charge in [0.2, 0.25) is 5.91 Å². The molecule has 4 aromatic rings. The summed E-state index contributed by atoms with van der Waals surface area (Å²) >= 11 is 0. The molecule has 4 aromatic carbocycles. The van der Waals surface area contributed by atoms with E-state index < -0.39 is 10.0 Å². The number of anilines is 2. The average Bonchev–Trinajstić information content (AvgIpc) is 2.91. The summed E-state index contributed by atoms with van der Waals surface area (Å²) in [4.78, 5) is 12.9. The number of nitrogens with zero attached hydrogens (tertiary/aromatic N) is 1. The predicted octanol–water partition coefficient (Wildman–Crippen LogP) is 4.14. The molecule has 0 aliphatic carbocycles. The molecule has 1 N–H and O–H groups in total. The van der Waals surface area contributed by atoms with Gasteiger partial charge < -0.3 is 5.32 Å². The summed E-state index contributed by atoms with van der Waals surface area (Å²) in [7, 11) is -3.75. The lowest BCUT2D eigenvalue weighted by molar-refractivity contribution is -0.114. The Morgan fingerprint density at radius 3 is 2.36 bits per heavy atom. The van der Waals surface area contributed by atoms with Crippen molar-refractivity contribution in [3.63, 3.8) is 0 Å². The van der Waals surface area contributed by atoms with E-state index in [-0.39, 0.29) is 17.3 Å². The molecule has 0 spiro atoms. The van der Waals surface area contributed by atoms with Crippen LogP contribution < -0.4 is 9.62 Å². The van der Waals surface area contributed by atoms with E-state index in [1.54, 1.807) is 24.3 Å². The van der Waals surface area contributed by atoms with Gasteiger partial charge in [-0.3, -0.25) is 9.10 Å². The monoisotopic (exact) mass is 388 g/mol. The van der Waals surface area contributed by atoms with Crippen molar-refractivity contribution in [2.75, 3.05) is 16.2 Å². The van der Waals surface area contributed by atoms with Crippen LogP contribution >= 0.6 is 0 Å². The Hall–Kier alpha value is -3.38. The van der Waals surface area contributed by atoms with Crippen molar-refractivity contribution in [1.82, 2.24) is 0 Å². The number of fused-ring (bicyclic) bond motifs is 1. The van der Waals surface area contributed by atoms with Crippen LogP contribution in [0.5, 0.6) is 0 Å². The topological polar surface area (TPSA) is 66.5 Å². The maximum atomic E-state index is 13.0. The Morgan fingerprint density at radius 1 is 0.821 bits per heavy atom. The molecule has 28 heavy (non-hydrogen) atoms. The van der Waals surface area contributed by atoms with E-state index in [1.807, 2.05) is 54.6 Å². The zero-order valence-corrected chi connectivity index (χ0v) is 15.6. The molecule has 5 nitrogen and oxygen atoms in total. The highest BCUT2D eigenvalue weighted by Gasteiger charge is 2.36. The van der Waals surface area contributed by atoms with E-state index in [2.05, 4.69) is 5.32 Å². The van der Waals surface area contributed by atoms with Crippen molar-refractivity contribution < 1.29 is 13.2 Å². The molecule has 0 saturated carbocycles. The molecule has 0 atom stereocenters. The number of hydrogen-bond acceptors (Lipinski definition) is 3. The van der Waals surface area contributed by atoms with Crippen molar-refractivity contribution >= 4 is 48.9 Å². The molecule has 1 aliphatic heterocycles. The second-order valence-corrected chi connectivity index (χ2v) is 8.58. The molecule has 0 fully saturated rings. The van der Waals surface area contributed by atoms with Crippen molar-refractivity contribution in [3.05, 3.63) is 78.9 Å². The number of rotatable bonds is 3. The molecule has 0 bridgehead atoms. The predicted molar refractivity (Wildman–Crippen MR) is 111 cm³/mol. The summed E-state index contributed by atoms with van der Waals surface area (Å²) in [6, 6.07) is 24.1. The van der Waals surface area contributed by atoms with Gasteiger partial charge in [0.1, 0.15) is 6.54 Å². The van der Waals surface area contributed by atoms with E-state index in [9.17, 15) is 13.2 Å². The Labute approximate surface area is 162 Å². The minimum atomic E-state index is -3.75. The Bertz CT molecular complexity index is 1360. The van der Waals surface area contributed by atoms with Crippen LogP contribution in [0.1, 0.15) is 0 Å². The zero-order chi connectivity index (χ0) is 19.3. The Morgan fingerprint density at radius 2 is 1.54 bits per heavy atom. The fraction of sp³-hybridized carbons (Fsp3) is 0.0455. The maximum Gasteiger partial charge on any atom is 0.265 e. The molecule has 0 aromatic heterocycles. The van der Waals surface area contributed by atoms with Crippen molar-refractivity contribution in [2.24, 2.45) is 0 Å². The molecule has 138 valence electrons. The summed E-state index contributed by atoms with van der Waals surface area (Å²) in [6.07, 6.45) is 0. The second-order valence-electron chi connectivity index (χ2n) is 6.75. The molecule has 1 heterocycles. The van der Waals surface area contributed by atoms with Gasteiger partial charge in [0.25, 0.3) is 10.0 Å². The summed E-state index contributed by atoms with van der Waals surface area (Å²) in [6.45, 7) is -0.275. The lowest BCUT2D eigenvalue weighted by Gasteiger charge is -2.18. The third-order valence-corrected chi connectivity index (χ3v) is 6.80. The molecular formula is C22H16N2O3S. The summed E-state index contributed by atoms with van der Waals surface area (Å²) in [5.41, 5.74) is 1.18. The zero-order valence-electron chi connectivity index (χ0n) is 14.8. The van der Waals surface area contributed by atoms with Gasteiger partial charge in [-0.1, -0.05) is 54.6 Å². The maximum absolute atomic E-state index is 13.0. The van der Waals surface area contributed by atoms with Crippen molar-refractivity contribution in [1.29, 1.82) is 0 Å². The first kappa shape index (κ1) is 16.8. The quantitative estimate of drug-likeness (QED) is 0.574. The smallest absolute Gasteiger partial charge is 0.265 e. The molecule has 0 saturated heterocycles. The van der Waals surface area contributed by atoms with Gasteiger partial charge in [-0.25, -0.2) is 8.42 Å². The van der Waals surface area contributed by atoms with E-state index in [0.29, 0.717) is 16.8 Å². The molecule has 1 aliphatic rings. The van der Waals surface area contributed by atoms with Crippen LogP contribution in [-0.2, 0) is 14.8 Å². The normalized spacial score (nSPS) is 14.5. The first-order valence-corrected chi connectivity index (χ1v) is 10.3. The minimum absolute atomic E-state index is 0.249.